The molecule has 18 heavy (non-hydrogen) atoms. The first kappa shape index (κ1) is 20.8. The molecule has 0 aliphatic heterocycles. The predicted octanol–water partition coefficient (Wildman–Crippen LogP) is 5.47. The SMILES string of the molecule is CSCCSCSCCSCSCCSCSS. The molecule has 0 atom stereocenters. The van der Waals surface area contributed by atoms with Crippen LogP contribution in [0, 0.1) is 0 Å². The lowest BCUT2D eigenvalue weighted by molar-refractivity contribution is 1.54. The second-order valence-corrected chi connectivity index (χ2v) is 11.9. The first-order valence-corrected chi connectivity index (χ1v) is 14.8. The van der Waals surface area contributed by atoms with Crippen LogP contribution in [-0.2, 0) is 0 Å². The lowest BCUT2D eigenvalue weighted by Gasteiger charge is -2.02. The van der Waals surface area contributed by atoms with Crippen LogP contribution in [0.2, 0.25) is 0 Å². The van der Waals surface area contributed by atoms with Gasteiger partial charge < -0.3 is 0 Å². The molecule has 0 unspecified atom stereocenters. The quantitative estimate of drug-likeness (QED) is 0.166. The molecule has 0 radical (unpaired) electrons. The van der Waals surface area contributed by atoms with Gasteiger partial charge in [0.15, 0.2) is 0 Å². The van der Waals surface area contributed by atoms with E-state index in [1.807, 2.05) is 23.5 Å². The van der Waals surface area contributed by atoms with Gasteiger partial charge >= 0.3 is 0 Å². The van der Waals surface area contributed by atoms with Crippen LogP contribution >= 0.6 is 93.0 Å². The third-order valence-electron chi connectivity index (χ3n) is 1.65. The summed E-state index contributed by atoms with van der Waals surface area (Å²) in [6.07, 6.45) is 2.18. The molecule has 0 bridgehead atoms. The molecular weight excluding hydrogens is 377 g/mol. The molecule has 0 heterocycles. The molecule has 0 saturated carbocycles. The summed E-state index contributed by atoms with van der Waals surface area (Å²) in [4.78, 5) is 0. The third kappa shape index (κ3) is 18.8. The molecule has 0 spiro atoms. The molecule has 0 aromatic rings. The van der Waals surface area contributed by atoms with Gasteiger partial charge in [0.25, 0.3) is 0 Å². The van der Waals surface area contributed by atoms with E-state index in [9.17, 15) is 0 Å². The molecular formula is C10H22S8. The van der Waals surface area contributed by atoms with E-state index in [4.69, 9.17) is 0 Å². The highest BCUT2D eigenvalue weighted by Crippen LogP contribution is 2.19. The van der Waals surface area contributed by atoms with Crippen LogP contribution in [0.1, 0.15) is 0 Å². The Bertz CT molecular complexity index is 130. The van der Waals surface area contributed by atoms with Crippen LogP contribution < -0.4 is 0 Å². The van der Waals surface area contributed by atoms with Gasteiger partial charge in [0.2, 0.25) is 0 Å². The summed E-state index contributed by atoms with van der Waals surface area (Å²) < 4.78 is 0. The number of hydrogen-bond donors (Lipinski definition) is 1. The minimum Gasteiger partial charge on any atom is -0.165 e. The van der Waals surface area contributed by atoms with Gasteiger partial charge in [-0.2, -0.15) is 58.8 Å². The summed E-state index contributed by atoms with van der Waals surface area (Å²) >= 11 is 16.4. The van der Waals surface area contributed by atoms with E-state index < -0.39 is 0 Å². The highest BCUT2D eigenvalue weighted by atomic mass is 33.1. The normalized spacial score (nSPS) is 11.0. The number of hydrogen-bond acceptors (Lipinski definition) is 8. The fraction of sp³-hybridized carbons (Fsp3) is 1.00. The minimum absolute atomic E-state index is 1.11. The standard InChI is InChI=1S/C10H22S8/c1-12-2-3-13-8-14-4-5-15-9-16-6-7-17-10-18-11/h11H,2-10H2,1H3. The molecule has 0 aliphatic rings. The highest BCUT2D eigenvalue weighted by molar-refractivity contribution is 8.70. The average molecular weight is 399 g/mol. The molecule has 110 valence electrons. The van der Waals surface area contributed by atoms with E-state index in [1.54, 1.807) is 10.8 Å². The van der Waals surface area contributed by atoms with Crippen molar-refractivity contribution in [2.24, 2.45) is 0 Å². The molecule has 0 amide bonds. The van der Waals surface area contributed by atoms with Crippen molar-refractivity contribution in [1.82, 2.24) is 0 Å². The molecule has 0 N–H and O–H groups in total. The molecule has 0 rings (SSSR count). The van der Waals surface area contributed by atoms with Gasteiger partial charge in [0.1, 0.15) is 0 Å². The van der Waals surface area contributed by atoms with Crippen molar-refractivity contribution in [3.63, 3.8) is 0 Å². The fourth-order valence-corrected chi connectivity index (χ4v) is 8.12. The molecule has 8 heteroatoms. The topological polar surface area (TPSA) is 0 Å². The van der Waals surface area contributed by atoms with Gasteiger partial charge in [-0.25, -0.2) is 0 Å². The third-order valence-corrected chi connectivity index (χ3v) is 10.2. The van der Waals surface area contributed by atoms with Gasteiger partial charge in [-0.15, -0.1) is 23.4 Å². The fourth-order valence-electron chi connectivity index (χ4n) is 0.828. The van der Waals surface area contributed by atoms with E-state index in [0.29, 0.717) is 0 Å². The zero-order valence-electron chi connectivity index (χ0n) is 10.7. The Labute approximate surface area is 147 Å². The Balaban J connectivity index is 2.86. The van der Waals surface area contributed by atoms with Gasteiger partial charge in [-0.05, 0) is 6.26 Å². The Morgan fingerprint density at radius 2 is 1.00 bits per heavy atom. The van der Waals surface area contributed by atoms with Crippen molar-refractivity contribution in [2.45, 2.75) is 0 Å². The minimum atomic E-state index is 1.11. The molecule has 0 saturated heterocycles. The second-order valence-electron chi connectivity index (χ2n) is 3.02. The van der Waals surface area contributed by atoms with Crippen LogP contribution in [0.15, 0.2) is 0 Å². The lowest BCUT2D eigenvalue weighted by atomic mass is 11.0. The van der Waals surface area contributed by atoms with Crippen LogP contribution in [-0.4, -0.2) is 56.0 Å². The van der Waals surface area contributed by atoms with E-state index in [0.717, 1.165) is 5.08 Å². The molecule has 0 aliphatic carbocycles. The van der Waals surface area contributed by atoms with E-state index in [-0.39, 0.29) is 0 Å². The monoisotopic (exact) mass is 398 g/mol. The van der Waals surface area contributed by atoms with Crippen molar-refractivity contribution in [2.75, 3.05) is 56.0 Å². The second kappa shape index (κ2) is 19.8. The first-order chi connectivity index (χ1) is 8.91. The van der Waals surface area contributed by atoms with Crippen molar-refractivity contribution in [3.8, 4) is 0 Å². The van der Waals surface area contributed by atoms with Gasteiger partial charge in [-0.3, -0.25) is 0 Å². The van der Waals surface area contributed by atoms with Crippen molar-refractivity contribution in [1.29, 1.82) is 0 Å². The van der Waals surface area contributed by atoms with Crippen molar-refractivity contribution in [3.05, 3.63) is 0 Å². The number of rotatable bonds is 15. The predicted molar refractivity (Wildman–Crippen MR) is 112 cm³/mol. The lowest BCUT2D eigenvalue weighted by Crippen LogP contribution is -1.89. The van der Waals surface area contributed by atoms with E-state index in [1.165, 1.54) is 44.7 Å². The Hall–Kier alpha value is 2.80. The summed E-state index contributed by atoms with van der Waals surface area (Å²) in [5, 5.41) is 3.64. The maximum atomic E-state index is 4.12. The van der Waals surface area contributed by atoms with E-state index in [2.05, 4.69) is 65.0 Å². The van der Waals surface area contributed by atoms with Crippen LogP contribution in [0.25, 0.3) is 0 Å². The van der Waals surface area contributed by atoms with Gasteiger partial charge in [0, 0.05) is 49.8 Å². The maximum absolute atomic E-state index is 4.12. The molecule has 0 aromatic carbocycles. The van der Waals surface area contributed by atoms with Gasteiger partial charge in [-0.1, -0.05) is 10.8 Å². The van der Waals surface area contributed by atoms with Crippen LogP contribution in [0.3, 0.4) is 0 Å². The average Bonchev–Trinajstić information content (AvgIpc) is 2.39. The number of thioether (sulfide) groups is 6. The highest BCUT2D eigenvalue weighted by Gasteiger charge is 1.94. The summed E-state index contributed by atoms with van der Waals surface area (Å²) in [6.45, 7) is 0. The first-order valence-electron chi connectivity index (χ1n) is 5.55. The van der Waals surface area contributed by atoms with Crippen LogP contribution in [0.4, 0.5) is 0 Å². The van der Waals surface area contributed by atoms with Crippen molar-refractivity contribution >= 4 is 93.0 Å². The summed E-state index contributed by atoms with van der Waals surface area (Å²) in [5.74, 6) is 7.76. The van der Waals surface area contributed by atoms with E-state index >= 15 is 0 Å². The Morgan fingerprint density at radius 3 is 1.39 bits per heavy atom. The summed E-state index contributed by atoms with van der Waals surface area (Å²) in [5.41, 5.74) is 0. The summed E-state index contributed by atoms with van der Waals surface area (Å²) in [7, 11) is 1.62. The zero-order valence-corrected chi connectivity index (χ0v) is 17.3. The van der Waals surface area contributed by atoms with Crippen molar-refractivity contribution < 1.29 is 0 Å². The maximum Gasteiger partial charge on any atom is 0.0493 e. The number of thiol groups is 1. The molecule has 0 aromatic heterocycles. The van der Waals surface area contributed by atoms with Crippen LogP contribution in [0.5, 0.6) is 0 Å². The Kier molecular flexibility index (Phi) is 22.9. The summed E-state index contributed by atoms with van der Waals surface area (Å²) in [6, 6.07) is 0. The largest absolute Gasteiger partial charge is 0.165 e. The molecule has 0 fully saturated rings. The molecule has 0 nitrogen and oxygen atoms in total. The Morgan fingerprint density at radius 1 is 0.611 bits per heavy atom. The zero-order chi connectivity index (χ0) is 13.3. The smallest absolute Gasteiger partial charge is 0.0493 e. The van der Waals surface area contributed by atoms with Gasteiger partial charge in [0.05, 0.1) is 0 Å².